The third-order valence-electron chi connectivity index (χ3n) is 2.82. The summed E-state index contributed by atoms with van der Waals surface area (Å²) in [5, 5.41) is 9.80. The van der Waals surface area contributed by atoms with Crippen molar-refractivity contribution in [2.24, 2.45) is 0 Å². The van der Waals surface area contributed by atoms with E-state index in [0.717, 1.165) is 39.9 Å². The van der Waals surface area contributed by atoms with Crippen molar-refractivity contribution in [1.29, 1.82) is 5.26 Å². The van der Waals surface area contributed by atoms with E-state index in [1.807, 2.05) is 18.2 Å². The van der Waals surface area contributed by atoms with Gasteiger partial charge in [-0.1, -0.05) is 35.3 Å². The molecule has 2 N–H and O–H groups in total. The number of aryl methyl sites for hydroxylation is 1. The Morgan fingerprint density at radius 2 is 2.26 bits per heavy atom. The number of hydrogen-bond donors (Lipinski definition) is 1. The van der Waals surface area contributed by atoms with Gasteiger partial charge in [-0.05, 0) is 24.1 Å². The lowest BCUT2D eigenvalue weighted by Gasteiger charge is -2.04. The number of nitrogen functional groups attached to an aromatic ring is 1. The van der Waals surface area contributed by atoms with Gasteiger partial charge in [0.05, 0.1) is 17.3 Å². The van der Waals surface area contributed by atoms with E-state index in [2.05, 4.69) is 33.9 Å². The lowest BCUT2D eigenvalue weighted by Crippen LogP contribution is -1.95. The number of nitrogens with zero attached hydrogens (tertiary/aromatic N) is 2. The molecule has 2 aromatic rings. The van der Waals surface area contributed by atoms with Crippen LogP contribution in [0.3, 0.4) is 0 Å². The number of thiazole rings is 1. The number of nitrogens with two attached hydrogens (primary N) is 1. The minimum absolute atomic E-state index is 0.606. The van der Waals surface area contributed by atoms with Gasteiger partial charge in [0.15, 0.2) is 5.13 Å². The van der Waals surface area contributed by atoms with Crippen LogP contribution < -0.4 is 5.73 Å². The molecule has 0 aliphatic rings. The molecule has 0 aliphatic carbocycles. The van der Waals surface area contributed by atoms with Crippen LogP contribution in [0.25, 0.3) is 0 Å². The molecule has 19 heavy (non-hydrogen) atoms. The fraction of sp³-hybridized carbons (Fsp3) is 0.286. The van der Waals surface area contributed by atoms with Crippen LogP contribution in [-0.4, -0.2) is 4.98 Å². The number of hydrogen-bond acceptors (Lipinski definition) is 4. The van der Waals surface area contributed by atoms with Crippen LogP contribution in [-0.2, 0) is 12.8 Å². The summed E-state index contributed by atoms with van der Waals surface area (Å²) in [5.74, 6) is 0. The van der Waals surface area contributed by atoms with Gasteiger partial charge in [-0.3, -0.25) is 0 Å². The Kier molecular flexibility index (Phi) is 4.56. The molecule has 98 valence electrons. The van der Waals surface area contributed by atoms with Gasteiger partial charge in [0.1, 0.15) is 0 Å². The van der Waals surface area contributed by atoms with E-state index >= 15 is 0 Å². The van der Waals surface area contributed by atoms with E-state index in [9.17, 15) is 5.26 Å². The average molecular weight is 336 g/mol. The van der Waals surface area contributed by atoms with Crippen molar-refractivity contribution >= 4 is 32.4 Å². The van der Waals surface area contributed by atoms with Crippen LogP contribution in [0.5, 0.6) is 0 Å². The zero-order chi connectivity index (χ0) is 13.8. The number of rotatable bonds is 4. The molecule has 0 saturated carbocycles. The Morgan fingerprint density at radius 1 is 1.47 bits per heavy atom. The standard InChI is InChI=1S/C14H14BrN3S/c1-2-3-12-13(19-14(17)18-12)7-9-4-5-11(15)6-10(9)8-16/h4-6H,2-3,7H2,1H3,(H2,17,18). The summed E-state index contributed by atoms with van der Waals surface area (Å²) in [6.07, 6.45) is 2.70. The second kappa shape index (κ2) is 6.18. The molecule has 0 fully saturated rings. The summed E-state index contributed by atoms with van der Waals surface area (Å²) in [7, 11) is 0. The first-order valence-corrected chi connectivity index (χ1v) is 7.67. The van der Waals surface area contributed by atoms with Gasteiger partial charge in [0.2, 0.25) is 0 Å². The van der Waals surface area contributed by atoms with Crippen LogP contribution in [0.2, 0.25) is 0 Å². The molecule has 0 aliphatic heterocycles. The van der Waals surface area contributed by atoms with Gasteiger partial charge in [0, 0.05) is 15.8 Å². The van der Waals surface area contributed by atoms with Crippen molar-refractivity contribution in [2.75, 3.05) is 5.73 Å². The van der Waals surface area contributed by atoms with Crippen LogP contribution in [0.4, 0.5) is 5.13 Å². The lowest BCUT2D eigenvalue weighted by molar-refractivity contribution is 0.879. The molecule has 0 amide bonds. The van der Waals surface area contributed by atoms with E-state index in [1.54, 1.807) is 0 Å². The van der Waals surface area contributed by atoms with Gasteiger partial charge in [0.25, 0.3) is 0 Å². The summed E-state index contributed by atoms with van der Waals surface area (Å²) < 4.78 is 0.922. The van der Waals surface area contributed by atoms with Gasteiger partial charge >= 0.3 is 0 Å². The number of halogens is 1. The SMILES string of the molecule is CCCc1nc(N)sc1Cc1ccc(Br)cc1C#N. The molecule has 0 unspecified atom stereocenters. The molecule has 0 saturated heterocycles. The molecular formula is C14H14BrN3S. The smallest absolute Gasteiger partial charge is 0.180 e. The minimum Gasteiger partial charge on any atom is -0.375 e. The maximum atomic E-state index is 9.19. The summed E-state index contributed by atoms with van der Waals surface area (Å²) in [6.45, 7) is 2.12. The molecule has 3 nitrogen and oxygen atoms in total. The van der Waals surface area contributed by atoms with E-state index < -0.39 is 0 Å². The lowest BCUT2D eigenvalue weighted by atomic mass is 10.0. The van der Waals surface area contributed by atoms with Crippen molar-refractivity contribution < 1.29 is 0 Å². The van der Waals surface area contributed by atoms with Crippen LogP contribution >= 0.6 is 27.3 Å². The Hall–Kier alpha value is -1.38. The molecule has 0 radical (unpaired) electrons. The fourth-order valence-electron chi connectivity index (χ4n) is 1.95. The van der Waals surface area contributed by atoms with Crippen LogP contribution in [0, 0.1) is 11.3 Å². The maximum absolute atomic E-state index is 9.19. The number of anilines is 1. The fourth-order valence-corrected chi connectivity index (χ4v) is 3.22. The molecule has 1 heterocycles. The van der Waals surface area contributed by atoms with Crippen LogP contribution in [0.1, 0.15) is 35.0 Å². The molecular weight excluding hydrogens is 322 g/mol. The normalized spacial score (nSPS) is 10.4. The predicted octanol–water partition coefficient (Wildman–Crippen LogP) is 3.90. The molecule has 0 atom stereocenters. The summed E-state index contributed by atoms with van der Waals surface area (Å²) >= 11 is 4.90. The summed E-state index contributed by atoms with van der Waals surface area (Å²) in [4.78, 5) is 5.54. The van der Waals surface area contributed by atoms with Gasteiger partial charge < -0.3 is 5.73 Å². The molecule has 1 aromatic carbocycles. The van der Waals surface area contributed by atoms with E-state index in [0.29, 0.717) is 10.7 Å². The Balaban J connectivity index is 2.33. The monoisotopic (exact) mass is 335 g/mol. The van der Waals surface area contributed by atoms with Crippen molar-refractivity contribution in [2.45, 2.75) is 26.2 Å². The Bertz CT molecular complexity index is 628. The van der Waals surface area contributed by atoms with Crippen molar-refractivity contribution in [3.8, 4) is 6.07 Å². The quantitative estimate of drug-likeness (QED) is 0.921. The summed E-state index contributed by atoms with van der Waals surface area (Å²) in [6, 6.07) is 8.02. The highest BCUT2D eigenvalue weighted by Crippen LogP contribution is 2.26. The van der Waals surface area contributed by atoms with Crippen LogP contribution in [0.15, 0.2) is 22.7 Å². The van der Waals surface area contributed by atoms with Crippen molar-refractivity contribution in [3.05, 3.63) is 44.4 Å². The van der Waals surface area contributed by atoms with Crippen molar-refractivity contribution in [1.82, 2.24) is 4.98 Å². The van der Waals surface area contributed by atoms with Crippen molar-refractivity contribution in [3.63, 3.8) is 0 Å². The summed E-state index contributed by atoms with van der Waals surface area (Å²) in [5.41, 5.74) is 8.58. The predicted molar refractivity (Wildman–Crippen MR) is 82.2 cm³/mol. The second-order valence-corrected chi connectivity index (χ2v) is 6.29. The number of nitriles is 1. The Labute approximate surface area is 125 Å². The minimum atomic E-state index is 0.606. The third kappa shape index (κ3) is 3.34. The molecule has 0 bridgehead atoms. The molecule has 2 rings (SSSR count). The Morgan fingerprint density at radius 3 is 2.95 bits per heavy atom. The van der Waals surface area contributed by atoms with E-state index in [1.165, 1.54) is 11.3 Å². The zero-order valence-corrected chi connectivity index (χ0v) is 13.0. The van der Waals surface area contributed by atoms with Gasteiger partial charge in [-0.2, -0.15) is 5.26 Å². The highest BCUT2D eigenvalue weighted by molar-refractivity contribution is 9.10. The first-order chi connectivity index (χ1) is 9.13. The first-order valence-electron chi connectivity index (χ1n) is 6.06. The maximum Gasteiger partial charge on any atom is 0.180 e. The zero-order valence-electron chi connectivity index (χ0n) is 10.6. The average Bonchev–Trinajstić information content (AvgIpc) is 2.72. The molecule has 1 aromatic heterocycles. The molecule has 0 spiro atoms. The highest BCUT2D eigenvalue weighted by Gasteiger charge is 2.12. The van der Waals surface area contributed by atoms with E-state index in [4.69, 9.17) is 5.73 Å². The first kappa shape index (κ1) is 14.0. The van der Waals surface area contributed by atoms with Gasteiger partial charge in [-0.25, -0.2) is 4.98 Å². The molecule has 5 heteroatoms. The topological polar surface area (TPSA) is 62.7 Å². The second-order valence-electron chi connectivity index (χ2n) is 4.26. The van der Waals surface area contributed by atoms with Gasteiger partial charge in [-0.15, -0.1) is 11.3 Å². The third-order valence-corrected chi connectivity index (χ3v) is 4.25. The highest BCUT2D eigenvalue weighted by atomic mass is 79.9. The van der Waals surface area contributed by atoms with E-state index in [-0.39, 0.29) is 0 Å². The number of benzene rings is 1. The number of aromatic nitrogens is 1. The largest absolute Gasteiger partial charge is 0.375 e.